The van der Waals surface area contributed by atoms with Gasteiger partial charge in [0.15, 0.2) is 0 Å². The lowest BCUT2D eigenvalue weighted by atomic mass is 10.2. The van der Waals surface area contributed by atoms with Crippen molar-refractivity contribution >= 4 is 14.5 Å². The van der Waals surface area contributed by atoms with E-state index < -0.39 is 14.5 Å². The van der Waals surface area contributed by atoms with Gasteiger partial charge in [0, 0.05) is 13.1 Å². The molecule has 1 atom stereocenters. The topological polar surface area (TPSA) is 12.5 Å². The van der Waals surface area contributed by atoms with Crippen molar-refractivity contribution in [1.29, 1.82) is 0 Å². The molecule has 0 aromatic carbocycles. The minimum Gasteiger partial charge on any atom is -0.487 e. The monoisotopic (exact) mass is 313 g/mol. The fraction of sp³-hybridized carbons (Fsp3) is 1.00. The molecule has 1 unspecified atom stereocenters. The van der Waals surface area contributed by atoms with Crippen LogP contribution in [0, 0.1) is 11.8 Å². The van der Waals surface area contributed by atoms with Crippen LogP contribution in [0.25, 0.3) is 0 Å². The zero-order valence-electron chi connectivity index (χ0n) is 15.8. The minimum absolute atomic E-state index is 0.317. The number of hydrogen-bond acceptors (Lipinski definition) is 2. The first-order chi connectivity index (χ1) is 9.90. The van der Waals surface area contributed by atoms with Crippen LogP contribution in [-0.2, 0) is 3.79 Å². The Balaban J connectivity index is 4.50. The fourth-order valence-corrected chi connectivity index (χ4v) is 6.07. The second-order valence-electron chi connectivity index (χ2n) is 7.36. The highest BCUT2D eigenvalue weighted by molar-refractivity contribution is 6.52. The van der Waals surface area contributed by atoms with Gasteiger partial charge in [0.05, 0.1) is 6.23 Å². The lowest BCUT2D eigenvalue weighted by molar-refractivity contribution is 0.0336. The summed E-state index contributed by atoms with van der Waals surface area (Å²) in [4.78, 5) is 2.58. The van der Waals surface area contributed by atoms with E-state index in [2.05, 4.69) is 53.4 Å². The third-order valence-electron chi connectivity index (χ3n) is 3.97. The lowest BCUT2D eigenvalue weighted by Gasteiger charge is -2.32. The van der Waals surface area contributed by atoms with E-state index in [0.717, 1.165) is 11.8 Å². The van der Waals surface area contributed by atoms with Crippen LogP contribution in [0.5, 0.6) is 0 Å². The Kier molecular flexibility index (Phi) is 13.2. The van der Waals surface area contributed by atoms with E-state index in [4.69, 9.17) is 3.79 Å². The van der Waals surface area contributed by atoms with E-state index in [1.807, 2.05) is 0 Å². The maximum Gasteiger partial charge on any atom is 0.462 e. The van der Waals surface area contributed by atoms with Gasteiger partial charge >= 0.3 is 14.5 Å². The molecule has 21 heavy (non-hydrogen) atoms. The van der Waals surface area contributed by atoms with Crippen LogP contribution >= 0.6 is 0 Å². The van der Waals surface area contributed by atoms with Crippen molar-refractivity contribution in [3.63, 3.8) is 0 Å². The highest BCUT2D eigenvalue weighted by Gasteiger charge is 2.27. The quantitative estimate of drug-likeness (QED) is 0.326. The molecule has 3 heteroatoms. The van der Waals surface area contributed by atoms with Crippen molar-refractivity contribution in [3.05, 3.63) is 0 Å². The molecule has 126 valence electrons. The van der Waals surface area contributed by atoms with Gasteiger partial charge in [0.25, 0.3) is 0 Å². The molecule has 2 nitrogen and oxygen atoms in total. The van der Waals surface area contributed by atoms with Crippen LogP contribution in [0.2, 0.25) is 10.6 Å². The largest absolute Gasteiger partial charge is 0.487 e. The number of hydrogen-bond donors (Lipinski definition) is 0. The van der Waals surface area contributed by atoms with Gasteiger partial charge in [0.1, 0.15) is 0 Å². The van der Waals surface area contributed by atoms with Gasteiger partial charge in [-0.15, -0.1) is 0 Å². The summed E-state index contributed by atoms with van der Waals surface area (Å²) >= 11 is -1.07. The molecule has 0 aliphatic rings. The van der Waals surface area contributed by atoms with E-state index in [0.29, 0.717) is 6.23 Å². The molecule has 0 aliphatic heterocycles. The molecule has 0 saturated heterocycles. The molecule has 0 saturated carbocycles. The van der Waals surface area contributed by atoms with Gasteiger partial charge < -0.3 is 3.79 Å². The number of rotatable bonds is 13. The van der Waals surface area contributed by atoms with Crippen molar-refractivity contribution in [2.45, 2.75) is 90.9 Å². The smallest absolute Gasteiger partial charge is 0.462 e. The second kappa shape index (κ2) is 12.9. The molecular weight excluding hydrogens is 273 g/mol. The number of nitrogens with zero attached hydrogens (tertiary/aromatic N) is 1. The van der Waals surface area contributed by atoms with Crippen molar-refractivity contribution in [2.24, 2.45) is 11.8 Å². The summed E-state index contributed by atoms with van der Waals surface area (Å²) in [5.41, 5.74) is 0. The third kappa shape index (κ3) is 11.6. The molecular formula is C18H40AlNO. The zero-order chi connectivity index (χ0) is 16.3. The standard InChI is InChI=1S/C10H22NO.2C4H9.Al/c1-4-6-8-11(10(3)12)9-7-5-2;2*1-4(2)3;/h10H,4-9H2,1-3H3;2*4H,1H2,2-3H3;/q-1;;;+1. The Morgan fingerprint density at radius 1 is 0.810 bits per heavy atom. The van der Waals surface area contributed by atoms with Crippen LogP contribution in [0.1, 0.15) is 74.1 Å². The summed E-state index contributed by atoms with van der Waals surface area (Å²) < 4.78 is 6.59. The summed E-state index contributed by atoms with van der Waals surface area (Å²) in [6.07, 6.45) is 5.44. The molecule has 0 amide bonds. The molecule has 0 rings (SSSR count). The van der Waals surface area contributed by atoms with Crippen LogP contribution in [0.15, 0.2) is 0 Å². The van der Waals surface area contributed by atoms with Gasteiger partial charge in [-0.3, -0.25) is 4.90 Å². The van der Waals surface area contributed by atoms with Gasteiger partial charge in [-0.1, -0.05) is 76.8 Å². The van der Waals surface area contributed by atoms with Crippen LogP contribution in [0.4, 0.5) is 0 Å². The molecule has 0 radical (unpaired) electrons. The van der Waals surface area contributed by atoms with E-state index >= 15 is 0 Å². The minimum atomic E-state index is -1.07. The summed E-state index contributed by atoms with van der Waals surface area (Å²) in [7, 11) is 0. The first-order valence-electron chi connectivity index (χ1n) is 9.30. The average Bonchev–Trinajstić information content (AvgIpc) is 2.37. The summed E-state index contributed by atoms with van der Waals surface area (Å²) in [6, 6.07) is 0. The van der Waals surface area contributed by atoms with E-state index in [-0.39, 0.29) is 0 Å². The predicted molar refractivity (Wildman–Crippen MR) is 97.0 cm³/mol. The Morgan fingerprint density at radius 3 is 1.57 bits per heavy atom. The molecule has 0 heterocycles. The summed E-state index contributed by atoms with van der Waals surface area (Å²) in [6.45, 7) is 18.6. The maximum atomic E-state index is 6.59. The summed E-state index contributed by atoms with van der Waals surface area (Å²) in [5, 5.41) is 2.63. The molecule has 0 bridgehead atoms. The normalized spacial score (nSPS) is 13.4. The maximum absolute atomic E-state index is 6.59. The van der Waals surface area contributed by atoms with Gasteiger partial charge in [-0.05, 0) is 19.8 Å². The SMILES string of the molecule is CCCCN(CCCC)C(C)[O][Al]([CH2]C(C)C)[CH2]C(C)C. The Labute approximate surface area is 139 Å². The van der Waals surface area contributed by atoms with Crippen molar-refractivity contribution < 1.29 is 3.79 Å². The third-order valence-corrected chi connectivity index (χ3v) is 7.69. The molecule has 0 fully saturated rings. The first kappa shape index (κ1) is 21.5. The average molecular weight is 314 g/mol. The van der Waals surface area contributed by atoms with Crippen molar-refractivity contribution in [2.75, 3.05) is 13.1 Å². The lowest BCUT2D eigenvalue weighted by Crippen LogP contribution is -2.41. The highest BCUT2D eigenvalue weighted by Crippen LogP contribution is 2.18. The first-order valence-corrected chi connectivity index (χ1v) is 11.4. The molecule has 0 aromatic heterocycles. The Morgan fingerprint density at radius 2 is 1.24 bits per heavy atom. The van der Waals surface area contributed by atoms with Gasteiger partial charge in [-0.2, -0.15) is 0 Å². The molecule has 0 N–H and O–H groups in total. The molecule has 0 aromatic rings. The van der Waals surface area contributed by atoms with E-state index in [1.165, 1.54) is 49.3 Å². The van der Waals surface area contributed by atoms with Crippen LogP contribution in [-0.4, -0.2) is 38.7 Å². The van der Waals surface area contributed by atoms with Crippen molar-refractivity contribution in [1.82, 2.24) is 4.90 Å². The van der Waals surface area contributed by atoms with E-state index in [1.54, 1.807) is 0 Å². The van der Waals surface area contributed by atoms with Gasteiger partial charge in [-0.25, -0.2) is 0 Å². The molecule has 0 aliphatic carbocycles. The zero-order valence-corrected chi connectivity index (χ0v) is 17.0. The van der Waals surface area contributed by atoms with Crippen molar-refractivity contribution in [3.8, 4) is 0 Å². The van der Waals surface area contributed by atoms with Crippen LogP contribution < -0.4 is 0 Å². The highest BCUT2D eigenvalue weighted by atomic mass is 27.2. The summed E-state index contributed by atoms with van der Waals surface area (Å²) in [5.74, 6) is 1.54. The van der Waals surface area contributed by atoms with Gasteiger partial charge in [0.2, 0.25) is 0 Å². The van der Waals surface area contributed by atoms with Crippen LogP contribution in [0.3, 0.4) is 0 Å². The molecule has 0 spiro atoms. The van der Waals surface area contributed by atoms with E-state index in [9.17, 15) is 0 Å². The Hall–Kier alpha value is 0.452. The second-order valence-corrected chi connectivity index (χ2v) is 9.82. The Bertz CT molecular complexity index is 215. The fourth-order valence-electron chi connectivity index (χ4n) is 2.82. The number of unbranched alkanes of at least 4 members (excludes halogenated alkanes) is 2. The predicted octanol–water partition coefficient (Wildman–Crippen LogP) is 5.55.